The van der Waals surface area contributed by atoms with Gasteiger partial charge in [0.05, 0.1) is 18.4 Å². The second-order valence-electron chi connectivity index (χ2n) is 5.15. The molecule has 0 aliphatic heterocycles. The quantitative estimate of drug-likeness (QED) is 0.753. The van der Waals surface area contributed by atoms with Gasteiger partial charge in [0.25, 0.3) is 0 Å². The molecule has 1 aliphatic rings. The van der Waals surface area contributed by atoms with Gasteiger partial charge in [0.2, 0.25) is 11.8 Å². The van der Waals surface area contributed by atoms with E-state index in [4.69, 9.17) is 0 Å². The second-order valence-corrected chi connectivity index (χ2v) is 5.15. The molecule has 0 saturated heterocycles. The summed E-state index contributed by atoms with van der Waals surface area (Å²) in [6.07, 6.45) is 1.11. The number of aliphatic carboxylic acids is 1. The van der Waals surface area contributed by atoms with Crippen LogP contribution in [-0.4, -0.2) is 47.9 Å². The number of nitrogens with zero attached hydrogens (tertiary/aromatic N) is 1. The lowest BCUT2D eigenvalue weighted by Gasteiger charge is -2.25. The van der Waals surface area contributed by atoms with E-state index in [1.54, 1.807) is 6.92 Å². The van der Waals surface area contributed by atoms with Crippen molar-refractivity contribution in [1.82, 2.24) is 10.2 Å². The molecule has 108 valence electrons. The second kappa shape index (κ2) is 6.54. The third-order valence-electron chi connectivity index (χ3n) is 3.74. The summed E-state index contributed by atoms with van der Waals surface area (Å²) in [7, 11) is 1.51. The van der Waals surface area contributed by atoms with E-state index in [-0.39, 0.29) is 24.3 Å². The van der Waals surface area contributed by atoms with Crippen molar-refractivity contribution in [2.45, 2.75) is 26.7 Å². The number of carboxylic acids is 1. The van der Waals surface area contributed by atoms with E-state index in [9.17, 15) is 19.5 Å². The van der Waals surface area contributed by atoms with Gasteiger partial charge < -0.3 is 15.3 Å². The minimum atomic E-state index is -0.918. The van der Waals surface area contributed by atoms with Crippen LogP contribution in [0.5, 0.6) is 0 Å². The number of hydrogen-bond acceptors (Lipinski definition) is 3. The Hall–Kier alpha value is -1.59. The smallest absolute Gasteiger partial charge is 0.307 e. The van der Waals surface area contributed by atoms with Crippen molar-refractivity contribution in [2.75, 3.05) is 20.1 Å². The van der Waals surface area contributed by atoms with Gasteiger partial charge in [-0.15, -0.1) is 0 Å². The molecule has 0 aromatic carbocycles. The molecule has 0 radical (unpaired) electrons. The molecule has 3 unspecified atom stereocenters. The number of likely N-dealkylation sites (N-methyl/N-ethyl adjacent to an activating group) is 2. The fraction of sp³-hybridized carbons (Fsp3) is 0.769. The summed E-state index contributed by atoms with van der Waals surface area (Å²) in [5.41, 5.74) is 0. The van der Waals surface area contributed by atoms with Crippen LogP contribution in [0.15, 0.2) is 0 Å². The van der Waals surface area contributed by atoms with Gasteiger partial charge in [-0.05, 0) is 25.7 Å². The average molecular weight is 270 g/mol. The van der Waals surface area contributed by atoms with Crippen molar-refractivity contribution in [3.63, 3.8) is 0 Å². The highest BCUT2D eigenvalue weighted by Gasteiger charge is 2.42. The lowest BCUT2D eigenvalue weighted by Crippen LogP contribution is -2.44. The molecule has 19 heavy (non-hydrogen) atoms. The van der Waals surface area contributed by atoms with Crippen molar-refractivity contribution >= 4 is 17.8 Å². The number of hydrogen-bond donors (Lipinski definition) is 2. The van der Waals surface area contributed by atoms with Crippen LogP contribution >= 0.6 is 0 Å². The van der Waals surface area contributed by atoms with E-state index in [0.717, 1.165) is 0 Å². The molecule has 1 fully saturated rings. The summed E-state index contributed by atoms with van der Waals surface area (Å²) in [6, 6.07) is 0. The number of carbonyl (C=O) groups is 3. The first kappa shape index (κ1) is 15.5. The average Bonchev–Trinajstić information content (AvgIpc) is 2.77. The Labute approximate surface area is 113 Å². The Kier molecular flexibility index (Phi) is 5.32. The minimum absolute atomic E-state index is 0.0109. The predicted octanol–water partition coefficient (Wildman–Crippen LogP) is 0.328. The van der Waals surface area contributed by atoms with Crippen molar-refractivity contribution in [3.8, 4) is 0 Å². The van der Waals surface area contributed by atoms with Gasteiger partial charge in [-0.25, -0.2) is 0 Å². The van der Waals surface area contributed by atoms with Gasteiger partial charge >= 0.3 is 5.97 Å². The molecular formula is C13H22N2O4. The summed E-state index contributed by atoms with van der Waals surface area (Å²) in [5, 5.41) is 11.7. The maximum atomic E-state index is 12.4. The van der Waals surface area contributed by atoms with Crippen LogP contribution in [0.1, 0.15) is 26.7 Å². The van der Waals surface area contributed by atoms with Gasteiger partial charge in [-0.3, -0.25) is 14.4 Å². The number of amides is 2. The van der Waals surface area contributed by atoms with Gasteiger partial charge in [0.1, 0.15) is 0 Å². The maximum Gasteiger partial charge on any atom is 0.307 e. The molecule has 2 N–H and O–H groups in total. The highest BCUT2D eigenvalue weighted by Crippen LogP contribution is 2.37. The standard InChI is InChI=1S/C13H22N2O4/c1-4-15(7-11(16)14-3)12(17)9-5-8(2)6-10(9)13(18)19/h8-10H,4-7H2,1-3H3,(H,14,16)(H,18,19). The molecule has 1 rings (SSSR count). The highest BCUT2D eigenvalue weighted by molar-refractivity contribution is 5.88. The van der Waals surface area contributed by atoms with Crippen LogP contribution < -0.4 is 5.32 Å². The number of carbonyl (C=O) groups excluding carboxylic acids is 2. The lowest BCUT2D eigenvalue weighted by atomic mass is 9.94. The first-order valence-corrected chi connectivity index (χ1v) is 6.62. The Morgan fingerprint density at radius 2 is 1.84 bits per heavy atom. The molecule has 6 nitrogen and oxygen atoms in total. The molecule has 0 heterocycles. The Morgan fingerprint density at radius 1 is 1.26 bits per heavy atom. The van der Waals surface area contributed by atoms with Gasteiger partial charge in [-0.2, -0.15) is 0 Å². The zero-order chi connectivity index (χ0) is 14.6. The van der Waals surface area contributed by atoms with Crippen molar-refractivity contribution in [2.24, 2.45) is 17.8 Å². The Bertz CT molecular complexity index is 370. The van der Waals surface area contributed by atoms with Crippen LogP contribution in [0.25, 0.3) is 0 Å². The zero-order valence-electron chi connectivity index (χ0n) is 11.7. The SMILES string of the molecule is CCN(CC(=O)NC)C(=O)C1CC(C)CC1C(=O)O. The molecule has 6 heteroatoms. The maximum absolute atomic E-state index is 12.4. The van der Waals surface area contributed by atoms with Gasteiger partial charge in [0, 0.05) is 13.6 Å². The molecule has 1 aliphatic carbocycles. The highest BCUT2D eigenvalue weighted by atomic mass is 16.4. The van der Waals surface area contributed by atoms with Crippen molar-refractivity contribution < 1.29 is 19.5 Å². The van der Waals surface area contributed by atoms with Gasteiger partial charge in [0.15, 0.2) is 0 Å². The number of nitrogens with one attached hydrogen (secondary N) is 1. The van der Waals surface area contributed by atoms with E-state index < -0.39 is 17.8 Å². The summed E-state index contributed by atoms with van der Waals surface area (Å²) in [4.78, 5) is 36.4. The number of carboxylic acid groups (broad SMARTS) is 1. The van der Waals surface area contributed by atoms with E-state index in [1.807, 2.05) is 6.92 Å². The molecule has 2 amide bonds. The zero-order valence-corrected chi connectivity index (χ0v) is 11.7. The number of rotatable bonds is 5. The van der Waals surface area contributed by atoms with Crippen LogP contribution in [0, 0.1) is 17.8 Å². The molecule has 0 aromatic heterocycles. The fourth-order valence-corrected chi connectivity index (χ4v) is 2.67. The summed E-state index contributed by atoms with van der Waals surface area (Å²) >= 11 is 0. The third kappa shape index (κ3) is 3.68. The molecule has 3 atom stereocenters. The van der Waals surface area contributed by atoms with E-state index >= 15 is 0 Å². The lowest BCUT2D eigenvalue weighted by molar-refractivity contribution is -0.149. The van der Waals surface area contributed by atoms with E-state index in [1.165, 1.54) is 11.9 Å². The molecule has 0 aromatic rings. The third-order valence-corrected chi connectivity index (χ3v) is 3.74. The largest absolute Gasteiger partial charge is 0.481 e. The van der Waals surface area contributed by atoms with E-state index in [2.05, 4.69) is 5.32 Å². The van der Waals surface area contributed by atoms with Crippen molar-refractivity contribution in [1.29, 1.82) is 0 Å². The summed E-state index contributed by atoms with van der Waals surface area (Å²) in [6.45, 7) is 4.14. The Balaban J connectivity index is 2.78. The first-order valence-electron chi connectivity index (χ1n) is 6.62. The van der Waals surface area contributed by atoms with Crippen LogP contribution in [0.3, 0.4) is 0 Å². The molecule has 0 bridgehead atoms. The molecule has 1 saturated carbocycles. The topological polar surface area (TPSA) is 86.7 Å². The van der Waals surface area contributed by atoms with Crippen LogP contribution in [-0.2, 0) is 14.4 Å². The summed E-state index contributed by atoms with van der Waals surface area (Å²) in [5.74, 6) is -2.28. The van der Waals surface area contributed by atoms with Gasteiger partial charge in [-0.1, -0.05) is 6.92 Å². The van der Waals surface area contributed by atoms with Crippen molar-refractivity contribution in [3.05, 3.63) is 0 Å². The summed E-state index contributed by atoms with van der Waals surface area (Å²) < 4.78 is 0. The van der Waals surface area contributed by atoms with E-state index in [0.29, 0.717) is 19.4 Å². The minimum Gasteiger partial charge on any atom is -0.481 e. The van der Waals surface area contributed by atoms with Crippen LogP contribution in [0.2, 0.25) is 0 Å². The Morgan fingerprint density at radius 3 is 2.32 bits per heavy atom. The normalized spacial score (nSPS) is 25.9. The monoisotopic (exact) mass is 270 g/mol. The first-order chi connectivity index (χ1) is 8.90. The fourth-order valence-electron chi connectivity index (χ4n) is 2.67. The predicted molar refractivity (Wildman–Crippen MR) is 69.3 cm³/mol. The molecular weight excluding hydrogens is 248 g/mol. The van der Waals surface area contributed by atoms with Crippen LogP contribution in [0.4, 0.5) is 0 Å². The molecule has 0 spiro atoms.